The monoisotopic (exact) mass is 379 g/mol. The predicted octanol–water partition coefficient (Wildman–Crippen LogP) is 2.84. The molecule has 1 aromatic heterocycles. The summed E-state index contributed by atoms with van der Waals surface area (Å²) in [7, 11) is 1.31. The van der Waals surface area contributed by atoms with E-state index in [9.17, 15) is 19.7 Å². The Hall–Kier alpha value is -3.20. The van der Waals surface area contributed by atoms with E-state index in [1.165, 1.54) is 44.5 Å². The lowest BCUT2D eigenvalue weighted by Crippen LogP contribution is -2.30. The number of nitro benzene ring substituents is 1. The minimum atomic E-state index is -1.18. The van der Waals surface area contributed by atoms with Gasteiger partial charge in [0.1, 0.15) is 17.1 Å². The van der Waals surface area contributed by atoms with Crippen LogP contribution in [0.1, 0.15) is 17.3 Å². The molecular weight excluding hydrogens is 366 g/mol. The van der Waals surface area contributed by atoms with Crippen molar-refractivity contribution in [2.45, 2.75) is 13.0 Å². The summed E-state index contributed by atoms with van der Waals surface area (Å²) in [6.07, 6.45) is 0.172. The van der Waals surface area contributed by atoms with Crippen LogP contribution < -0.4 is 10.1 Å². The van der Waals surface area contributed by atoms with Crippen molar-refractivity contribution in [2.24, 2.45) is 0 Å². The number of pyridine rings is 1. The van der Waals surface area contributed by atoms with E-state index in [0.717, 1.165) is 6.07 Å². The van der Waals surface area contributed by atoms with Crippen molar-refractivity contribution in [1.82, 2.24) is 4.98 Å². The third kappa shape index (κ3) is 4.67. The number of nitrogens with zero attached hydrogens (tertiary/aromatic N) is 2. The van der Waals surface area contributed by atoms with E-state index >= 15 is 0 Å². The van der Waals surface area contributed by atoms with E-state index in [2.05, 4.69) is 10.3 Å². The lowest BCUT2D eigenvalue weighted by atomic mass is 10.1. The third-order valence-electron chi connectivity index (χ3n) is 3.25. The number of ether oxygens (including phenoxy) is 2. The van der Waals surface area contributed by atoms with Crippen LogP contribution in [0.2, 0.25) is 5.02 Å². The zero-order chi connectivity index (χ0) is 19.3. The molecule has 0 saturated heterocycles. The second-order valence-electron chi connectivity index (χ2n) is 5.04. The van der Waals surface area contributed by atoms with Gasteiger partial charge in [-0.15, -0.1) is 0 Å². The largest absolute Gasteiger partial charge is 0.496 e. The van der Waals surface area contributed by atoms with Crippen molar-refractivity contribution in [1.29, 1.82) is 0 Å². The van der Waals surface area contributed by atoms with Crippen LogP contribution in [0.15, 0.2) is 36.5 Å². The molecule has 0 spiro atoms. The predicted molar refractivity (Wildman–Crippen MR) is 92.4 cm³/mol. The molecule has 9 nitrogen and oxygen atoms in total. The molecule has 1 N–H and O–H groups in total. The molecule has 1 amide bonds. The van der Waals surface area contributed by atoms with Crippen molar-refractivity contribution in [3.8, 4) is 5.75 Å². The molecule has 0 fully saturated rings. The highest BCUT2D eigenvalue weighted by molar-refractivity contribution is 6.30. The minimum absolute atomic E-state index is 0.0903. The Morgan fingerprint density at radius 3 is 2.62 bits per heavy atom. The van der Waals surface area contributed by atoms with Gasteiger partial charge in [-0.2, -0.15) is 0 Å². The maximum atomic E-state index is 12.3. The minimum Gasteiger partial charge on any atom is -0.496 e. The molecule has 0 aliphatic heterocycles. The molecule has 1 heterocycles. The van der Waals surface area contributed by atoms with Crippen LogP contribution in [0, 0.1) is 10.1 Å². The quantitative estimate of drug-likeness (QED) is 0.465. The number of nitro groups is 1. The van der Waals surface area contributed by atoms with Crippen molar-refractivity contribution >= 4 is 35.0 Å². The summed E-state index contributed by atoms with van der Waals surface area (Å²) in [6, 6.07) is 6.51. The highest BCUT2D eigenvalue weighted by Gasteiger charge is 2.23. The molecule has 0 aliphatic carbocycles. The molecule has 0 radical (unpaired) electrons. The van der Waals surface area contributed by atoms with E-state index in [4.69, 9.17) is 21.1 Å². The molecule has 0 saturated carbocycles. The standard InChI is InChI=1S/C16H14ClN3O6/c1-9(15(21)19-14-6-3-10(17)8-18-14)26-16(22)12-7-11(20(23)24)4-5-13(12)25-2/h3-9H,1-2H3,(H,18,19,21)/t9-/m0/s1. The van der Waals surface area contributed by atoms with Crippen LogP contribution in [0.25, 0.3) is 0 Å². The normalized spacial score (nSPS) is 11.3. The number of aromatic nitrogens is 1. The van der Waals surface area contributed by atoms with Crippen LogP contribution in [0.4, 0.5) is 11.5 Å². The topological polar surface area (TPSA) is 121 Å². The fourth-order valence-corrected chi connectivity index (χ4v) is 2.04. The highest BCUT2D eigenvalue weighted by atomic mass is 35.5. The Balaban J connectivity index is 2.10. The third-order valence-corrected chi connectivity index (χ3v) is 3.47. The molecule has 10 heteroatoms. The fourth-order valence-electron chi connectivity index (χ4n) is 1.92. The maximum absolute atomic E-state index is 12.3. The van der Waals surface area contributed by atoms with Gasteiger partial charge in [-0.25, -0.2) is 9.78 Å². The van der Waals surface area contributed by atoms with Crippen molar-refractivity contribution in [2.75, 3.05) is 12.4 Å². The van der Waals surface area contributed by atoms with E-state index in [1.54, 1.807) is 0 Å². The summed E-state index contributed by atoms with van der Waals surface area (Å²) in [5, 5.41) is 13.7. The van der Waals surface area contributed by atoms with Gasteiger partial charge >= 0.3 is 5.97 Å². The summed E-state index contributed by atoms with van der Waals surface area (Å²) in [6.45, 7) is 1.35. The first-order chi connectivity index (χ1) is 12.3. The number of esters is 1. The average Bonchev–Trinajstić information content (AvgIpc) is 2.62. The molecule has 1 aromatic carbocycles. The molecule has 1 atom stereocenters. The van der Waals surface area contributed by atoms with Crippen molar-refractivity contribution in [3.63, 3.8) is 0 Å². The van der Waals surface area contributed by atoms with Gasteiger partial charge in [-0.05, 0) is 25.1 Å². The maximum Gasteiger partial charge on any atom is 0.342 e. The number of non-ortho nitro benzene ring substituents is 1. The summed E-state index contributed by atoms with van der Waals surface area (Å²) in [4.78, 5) is 38.5. The van der Waals surface area contributed by atoms with E-state index in [0.29, 0.717) is 5.02 Å². The average molecular weight is 380 g/mol. The van der Waals surface area contributed by atoms with Gasteiger partial charge in [-0.1, -0.05) is 11.6 Å². The SMILES string of the molecule is COc1ccc([N+](=O)[O-])cc1C(=O)O[C@@H](C)C(=O)Nc1ccc(Cl)cn1. The summed E-state index contributed by atoms with van der Waals surface area (Å²) >= 11 is 5.71. The van der Waals surface area contributed by atoms with Crippen LogP contribution in [-0.4, -0.2) is 35.0 Å². The van der Waals surface area contributed by atoms with E-state index < -0.39 is 22.9 Å². The molecule has 2 rings (SSSR count). The lowest BCUT2D eigenvalue weighted by molar-refractivity contribution is -0.384. The number of anilines is 1. The Morgan fingerprint density at radius 2 is 2.04 bits per heavy atom. The Bertz CT molecular complexity index is 840. The van der Waals surface area contributed by atoms with Crippen molar-refractivity contribution in [3.05, 3.63) is 57.2 Å². The van der Waals surface area contributed by atoms with Gasteiger partial charge in [0.05, 0.1) is 17.1 Å². The number of benzene rings is 1. The van der Waals surface area contributed by atoms with Crippen molar-refractivity contribution < 1.29 is 24.0 Å². The molecule has 0 aliphatic rings. The molecule has 0 bridgehead atoms. The molecule has 0 unspecified atom stereocenters. The molecule has 2 aromatic rings. The Labute approximate surface area is 153 Å². The summed E-state index contributed by atoms with van der Waals surface area (Å²) in [5.74, 6) is -1.24. The number of carbonyl (C=O) groups is 2. The van der Waals surface area contributed by atoms with Crippen LogP contribution in [0.3, 0.4) is 0 Å². The number of carbonyl (C=O) groups excluding carboxylic acids is 2. The number of nitrogens with one attached hydrogen (secondary N) is 1. The number of hydrogen-bond acceptors (Lipinski definition) is 7. The van der Waals surface area contributed by atoms with Gasteiger partial charge in [-0.3, -0.25) is 14.9 Å². The van der Waals surface area contributed by atoms with Gasteiger partial charge in [0.2, 0.25) is 0 Å². The number of methoxy groups -OCH3 is 1. The highest BCUT2D eigenvalue weighted by Crippen LogP contribution is 2.25. The first-order valence-electron chi connectivity index (χ1n) is 7.27. The van der Waals surface area contributed by atoms with Gasteiger partial charge < -0.3 is 14.8 Å². The number of halogens is 1. The zero-order valence-corrected chi connectivity index (χ0v) is 14.5. The smallest absolute Gasteiger partial charge is 0.342 e. The lowest BCUT2D eigenvalue weighted by Gasteiger charge is -2.14. The first-order valence-corrected chi connectivity index (χ1v) is 7.65. The second kappa shape index (κ2) is 8.26. The Morgan fingerprint density at radius 1 is 1.31 bits per heavy atom. The van der Waals surface area contributed by atoms with Crippen LogP contribution in [0.5, 0.6) is 5.75 Å². The van der Waals surface area contributed by atoms with Gasteiger partial charge in [0.15, 0.2) is 6.10 Å². The van der Waals surface area contributed by atoms with Gasteiger partial charge in [0, 0.05) is 18.3 Å². The van der Waals surface area contributed by atoms with E-state index in [1.807, 2.05) is 0 Å². The summed E-state index contributed by atoms with van der Waals surface area (Å²) in [5.41, 5.74) is -0.466. The second-order valence-corrected chi connectivity index (χ2v) is 5.48. The van der Waals surface area contributed by atoms with E-state index in [-0.39, 0.29) is 22.8 Å². The number of hydrogen-bond donors (Lipinski definition) is 1. The fraction of sp³-hybridized carbons (Fsp3) is 0.188. The molecule has 26 heavy (non-hydrogen) atoms. The molecule has 136 valence electrons. The number of amides is 1. The number of rotatable bonds is 6. The first kappa shape index (κ1) is 19.1. The Kier molecular flexibility index (Phi) is 6.07. The van der Waals surface area contributed by atoms with Gasteiger partial charge in [0.25, 0.3) is 11.6 Å². The van der Waals surface area contributed by atoms with Crippen LogP contribution >= 0.6 is 11.6 Å². The van der Waals surface area contributed by atoms with Crippen LogP contribution in [-0.2, 0) is 9.53 Å². The summed E-state index contributed by atoms with van der Waals surface area (Å²) < 4.78 is 10.1. The molecular formula is C16H14ClN3O6. The zero-order valence-electron chi connectivity index (χ0n) is 13.8.